The first kappa shape index (κ1) is 17.8. The summed E-state index contributed by atoms with van der Waals surface area (Å²) in [6.45, 7) is 0.663. The summed E-state index contributed by atoms with van der Waals surface area (Å²) in [4.78, 5) is 12.5. The lowest BCUT2D eigenvalue weighted by Gasteiger charge is -2.13. The number of halogens is 1. The number of allylic oxidation sites excluding steroid dienone is 1. The zero-order valence-electron chi connectivity index (χ0n) is 15.0. The van der Waals surface area contributed by atoms with E-state index in [0.29, 0.717) is 22.9 Å². The quantitative estimate of drug-likeness (QED) is 0.572. The van der Waals surface area contributed by atoms with Gasteiger partial charge in [0.15, 0.2) is 5.76 Å². The van der Waals surface area contributed by atoms with Crippen molar-refractivity contribution in [2.75, 3.05) is 6.54 Å². The standard InChI is InChI=1S/C22H21ClN2O2/c23-18-9-6-16(7-10-18)21-19-14-17(8-11-20(19)25-27-21)22(26)24-13-12-15-4-2-1-3-5-15/h4,6-11,14H,1-3,5,12-13H2,(H,24,26). The van der Waals surface area contributed by atoms with Crippen molar-refractivity contribution in [2.45, 2.75) is 32.1 Å². The summed E-state index contributed by atoms with van der Waals surface area (Å²) in [5.74, 6) is 0.570. The number of carbonyl (C=O) groups excluding carboxylic acids is 1. The maximum Gasteiger partial charge on any atom is 0.251 e. The molecule has 0 saturated carbocycles. The first-order chi connectivity index (χ1) is 13.2. The molecule has 1 aliphatic carbocycles. The highest BCUT2D eigenvalue weighted by molar-refractivity contribution is 6.30. The summed E-state index contributed by atoms with van der Waals surface area (Å²) < 4.78 is 5.50. The van der Waals surface area contributed by atoms with E-state index >= 15 is 0 Å². The van der Waals surface area contributed by atoms with Gasteiger partial charge in [0.25, 0.3) is 5.91 Å². The topological polar surface area (TPSA) is 55.1 Å². The average Bonchev–Trinajstić information content (AvgIpc) is 3.12. The third kappa shape index (κ3) is 4.06. The van der Waals surface area contributed by atoms with Gasteiger partial charge < -0.3 is 9.84 Å². The van der Waals surface area contributed by atoms with Crippen LogP contribution >= 0.6 is 11.6 Å². The van der Waals surface area contributed by atoms with Gasteiger partial charge in [-0.05, 0) is 74.6 Å². The number of carbonyl (C=O) groups is 1. The van der Waals surface area contributed by atoms with Gasteiger partial charge in [0.2, 0.25) is 0 Å². The molecular weight excluding hydrogens is 360 g/mol. The van der Waals surface area contributed by atoms with Crippen molar-refractivity contribution < 1.29 is 9.32 Å². The molecule has 27 heavy (non-hydrogen) atoms. The van der Waals surface area contributed by atoms with Crippen molar-refractivity contribution in [3.63, 3.8) is 0 Å². The molecule has 4 rings (SSSR count). The number of hydrogen-bond donors (Lipinski definition) is 1. The van der Waals surface area contributed by atoms with E-state index in [0.717, 1.165) is 29.3 Å². The minimum absolute atomic E-state index is 0.0726. The van der Waals surface area contributed by atoms with Gasteiger partial charge in [-0.15, -0.1) is 0 Å². The van der Waals surface area contributed by atoms with Crippen LogP contribution in [0.15, 0.2) is 58.6 Å². The highest BCUT2D eigenvalue weighted by Gasteiger charge is 2.14. The molecule has 0 saturated heterocycles. The maximum absolute atomic E-state index is 12.5. The van der Waals surface area contributed by atoms with Crippen LogP contribution in [0.25, 0.3) is 22.2 Å². The van der Waals surface area contributed by atoms with E-state index in [4.69, 9.17) is 16.1 Å². The maximum atomic E-state index is 12.5. The Bertz CT molecular complexity index is 989. The van der Waals surface area contributed by atoms with Gasteiger partial charge >= 0.3 is 0 Å². The second-order valence-electron chi connectivity index (χ2n) is 6.86. The molecule has 1 aliphatic rings. The third-order valence-electron chi connectivity index (χ3n) is 4.96. The molecule has 1 N–H and O–H groups in total. The highest BCUT2D eigenvalue weighted by Crippen LogP contribution is 2.30. The van der Waals surface area contributed by atoms with Crippen LogP contribution in [0, 0.1) is 0 Å². The van der Waals surface area contributed by atoms with Crippen LogP contribution in [0.5, 0.6) is 0 Å². The Hall–Kier alpha value is -2.59. The zero-order chi connectivity index (χ0) is 18.6. The number of benzene rings is 2. The Labute approximate surface area is 163 Å². The van der Waals surface area contributed by atoms with Crippen molar-refractivity contribution >= 4 is 28.4 Å². The number of aromatic nitrogens is 1. The lowest BCUT2D eigenvalue weighted by atomic mass is 9.97. The minimum Gasteiger partial charge on any atom is -0.355 e. The zero-order valence-corrected chi connectivity index (χ0v) is 15.8. The Kier molecular flexibility index (Phi) is 5.26. The van der Waals surface area contributed by atoms with Crippen LogP contribution < -0.4 is 5.32 Å². The normalized spacial score (nSPS) is 14.2. The van der Waals surface area contributed by atoms with Gasteiger partial charge in [-0.2, -0.15) is 0 Å². The molecule has 0 unspecified atom stereocenters. The molecule has 1 aromatic heterocycles. The fourth-order valence-corrected chi connectivity index (χ4v) is 3.59. The van der Waals surface area contributed by atoms with Gasteiger partial charge in [-0.3, -0.25) is 4.79 Å². The summed E-state index contributed by atoms with van der Waals surface area (Å²) in [6, 6.07) is 12.8. The number of amides is 1. The lowest BCUT2D eigenvalue weighted by molar-refractivity contribution is 0.0954. The number of fused-ring (bicyclic) bond motifs is 1. The second-order valence-corrected chi connectivity index (χ2v) is 7.30. The number of hydrogen-bond acceptors (Lipinski definition) is 3. The van der Waals surface area contributed by atoms with Gasteiger partial charge in [-0.25, -0.2) is 0 Å². The van der Waals surface area contributed by atoms with E-state index in [1.807, 2.05) is 36.4 Å². The van der Waals surface area contributed by atoms with Crippen molar-refractivity contribution in [2.24, 2.45) is 0 Å². The summed E-state index contributed by atoms with van der Waals surface area (Å²) in [5.41, 5.74) is 3.67. The number of rotatable bonds is 5. The molecule has 0 radical (unpaired) electrons. The van der Waals surface area contributed by atoms with Crippen LogP contribution in [-0.4, -0.2) is 17.6 Å². The first-order valence-electron chi connectivity index (χ1n) is 9.32. The van der Waals surface area contributed by atoms with Crippen molar-refractivity contribution in [3.05, 3.63) is 64.7 Å². The predicted octanol–water partition coefficient (Wildman–Crippen LogP) is 5.77. The molecule has 5 heteroatoms. The molecule has 0 spiro atoms. The van der Waals surface area contributed by atoms with Gasteiger partial charge in [0.1, 0.15) is 5.52 Å². The Balaban J connectivity index is 1.50. The molecule has 1 amide bonds. The van der Waals surface area contributed by atoms with E-state index < -0.39 is 0 Å². The third-order valence-corrected chi connectivity index (χ3v) is 5.21. The van der Waals surface area contributed by atoms with E-state index in [1.54, 1.807) is 6.07 Å². The minimum atomic E-state index is -0.0726. The van der Waals surface area contributed by atoms with Crippen LogP contribution in [0.4, 0.5) is 0 Å². The Morgan fingerprint density at radius 3 is 2.78 bits per heavy atom. The summed E-state index contributed by atoms with van der Waals surface area (Å²) in [5, 5.41) is 8.60. The molecular formula is C22H21ClN2O2. The highest BCUT2D eigenvalue weighted by atomic mass is 35.5. The van der Waals surface area contributed by atoms with Crippen LogP contribution in [0.2, 0.25) is 5.02 Å². The summed E-state index contributed by atoms with van der Waals surface area (Å²) in [6.07, 6.45) is 8.12. The molecule has 1 heterocycles. The average molecular weight is 381 g/mol. The molecule has 0 aliphatic heterocycles. The monoisotopic (exact) mass is 380 g/mol. The molecule has 0 bridgehead atoms. The van der Waals surface area contributed by atoms with Gasteiger partial charge in [0.05, 0.1) is 5.39 Å². The fourth-order valence-electron chi connectivity index (χ4n) is 3.46. The number of nitrogens with one attached hydrogen (secondary N) is 1. The molecule has 138 valence electrons. The smallest absolute Gasteiger partial charge is 0.251 e. The molecule has 0 fully saturated rings. The van der Waals surface area contributed by atoms with Gasteiger partial charge in [0, 0.05) is 22.7 Å². The summed E-state index contributed by atoms with van der Waals surface area (Å²) in [7, 11) is 0. The SMILES string of the molecule is O=C(NCCC1=CCCCC1)c1ccc2noc(-c3ccc(Cl)cc3)c2c1. The van der Waals surface area contributed by atoms with E-state index in [2.05, 4.69) is 16.5 Å². The molecule has 2 aromatic carbocycles. The number of nitrogens with zero attached hydrogens (tertiary/aromatic N) is 1. The predicted molar refractivity (Wildman–Crippen MR) is 108 cm³/mol. The lowest BCUT2D eigenvalue weighted by Crippen LogP contribution is -2.24. The second kappa shape index (κ2) is 7.97. The molecule has 4 nitrogen and oxygen atoms in total. The van der Waals surface area contributed by atoms with Crippen LogP contribution in [0.3, 0.4) is 0 Å². The van der Waals surface area contributed by atoms with Gasteiger partial charge in [-0.1, -0.05) is 28.4 Å². The van der Waals surface area contributed by atoms with Crippen LogP contribution in [-0.2, 0) is 0 Å². The Morgan fingerprint density at radius 1 is 1.15 bits per heavy atom. The molecule has 0 atom stereocenters. The van der Waals surface area contributed by atoms with E-state index in [9.17, 15) is 4.79 Å². The fraction of sp³-hybridized carbons (Fsp3) is 0.273. The van der Waals surface area contributed by atoms with Crippen molar-refractivity contribution in [1.82, 2.24) is 10.5 Å². The molecule has 3 aromatic rings. The van der Waals surface area contributed by atoms with Crippen LogP contribution in [0.1, 0.15) is 42.5 Å². The van der Waals surface area contributed by atoms with E-state index in [-0.39, 0.29) is 5.91 Å². The van der Waals surface area contributed by atoms with Crippen molar-refractivity contribution in [3.8, 4) is 11.3 Å². The summed E-state index contributed by atoms with van der Waals surface area (Å²) >= 11 is 5.96. The Morgan fingerprint density at radius 2 is 2.00 bits per heavy atom. The van der Waals surface area contributed by atoms with E-state index in [1.165, 1.54) is 24.8 Å². The first-order valence-corrected chi connectivity index (χ1v) is 9.70. The van der Waals surface area contributed by atoms with Crippen molar-refractivity contribution in [1.29, 1.82) is 0 Å². The largest absolute Gasteiger partial charge is 0.355 e.